The predicted octanol–water partition coefficient (Wildman–Crippen LogP) is 7.80. The molecule has 0 saturated carbocycles. The number of aryl methyl sites for hydroxylation is 1. The van der Waals surface area contributed by atoms with Crippen molar-refractivity contribution in [2.24, 2.45) is 5.92 Å². The smallest absolute Gasteiger partial charge is 0.343 e. The van der Waals surface area contributed by atoms with Crippen LogP contribution in [0.25, 0.3) is 0 Å². The van der Waals surface area contributed by atoms with Crippen LogP contribution in [0.1, 0.15) is 99.4 Å². The Morgan fingerprint density at radius 1 is 0.912 bits per heavy atom. The molecular weight excluding hydrogens is 431 g/mol. The topological polar surface area (TPSA) is 44.8 Å². The zero-order valence-corrected chi connectivity index (χ0v) is 20.7. The summed E-state index contributed by atoms with van der Waals surface area (Å²) >= 11 is 0. The zero-order valence-electron chi connectivity index (χ0n) is 20.7. The second-order valence-electron chi connectivity index (χ2n) is 9.29. The predicted molar refractivity (Wildman–Crippen MR) is 133 cm³/mol. The van der Waals surface area contributed by atoms with Gasteiger partial charge in [-0.25, -0.2) is 9.18 Å². The molecule has 5 heteroatoms. The first-order valence-electron chi connectivity index (χ1n) is 12.9. The molecule has 1 heterocycles. The normalized spacial score (nSPS) is 18.1. The highest BCUT2D eigenvalue weighted by atomic mass is 19.1. The number of carbonyl (C=O) groups is 1. The highest BCUT2D eigenvalue weighted by Crippen LogP contribution is 2.29. The van der Waals surface area contributed by atoms with Crippen molar-refractivity contribution in [3.63, 3.8) is 0 Å². The molecule has 3 rings (SSSR count). The van der Waals surface area contributed by atoms with Crippen molar-refractivity contribution in [2.45, 2.75) is 84.3 Å². The van der Waals surface area contributed by atoms with Gasteiger partial charge < -0.3 is 14.2 Å². The maximum atomic E-state index is 14.8. The molecule has 0 aliphatic carbocycles. The number of esters is 1. The van der Waals surface area contributed by atoms with Gasteiger partial charge in [-0.15, -0.1) is 0 Å². The summed E-state index contributed by atoms with van der Waals surface area (Å²) in [5.74, 6) is -0.300. The van der Waals surface area contributed by atoms with Crippen molar-refractivity contribution < 1.29 is 23.4 Å². The molecule has 0 unspecified atom stereocenters. The standard InChI is InChI=1S/C29H39FO4/c1-3-5-7-9-11-22-13-16-25(17-14-22)34-28(31)24-15-18-26(27(30)19-24)29-32-20-23(21-33-29)12-10-8-6-4-2/h13-19,23,29H,3-12,20-21H2,1-2H3. The average Bonchev–Trinajstić information content (AvgIpc) is 2.86. The number of rotatable bonds is 13. The van der Waals surface area contributed by atoms with Gasteiger partial charge in [-0.1, -0.05) is 77.0 Å². The lowest BCUT2D eigenvalue weighted by Gasteiger charge is -2.30. The van der Waals surface area contributed by atoms with Crippen LogP contribution in [0.4, 0.5) is 4.39 Å². The third kappa shape index (κ3) is 8.21. The molecule has 0 spiro atoms. The van der Waals surface area contributed by atoms with Crippen LogP contribution < -0.4 is 4.74 Å². The van der Waals surface area contributed by atoms with Crippen molar-refractivity contribution in [1.29, 1.82) is 0 Å². The summed E-state index contributed by atoms with van der Waals surface area (Å²) in [4.78, 5) is 12.5. The number of carbonyl (C=O) groups excluding carboxylic acids is 1. The van der Waals surface area contributed by atoms with Crippen LogP contribution in [0.2, 0.25) is 0 Å². The average molecular weight is 471 g/mol. The van der Waals surface area contributed by atoms with E-state index in [9.17, 15) is 9.18 Å². The van der Waals surface area contributed by atoms with Gasteiger partial charge in [-0.3, -0.25) is 0 Å². The third-order valence-corrected chi connectivity index (χ3v) is 6.38. The van der Waals surface area contributed by atoms with Crippen molar-refractivity contribution in [1.82, 2.24) is 0 Å². The highest BCUT2D eigenvalue weighted by molar-refractivity contribution is 5.91. The molecule has 0 bridgehead atoms. The molecule has 1 aliphatic heterocycles. The molecule has 34 heavy (non-hydrogen) atoms. The molecule has 0 radical (unpaired) electrons. The monoisotopic (exact) mass is 470 g/mol. The van der Waals surface area contributed by atoms with Crippen molar-refractivity contribution in [3.8, 4) is 5.75 Å². The van der Waals surface area contributed by atoms with E-state index in [0.717, 1.165) is 19.3 Å². The molecule has 0 amide bonds. The Labute approximate surface area is 203 Å². The van der Waals surface area contributed by atoms with Crippen LogP contribution in [0.3, 0.4) is 0 Å². The fraction of sp³-hybridized carbons (Fsp3) is 0.552. The van der Waals surface area contributed by atoms with Gasteiger partial charge in [0.15, 0.2) is 6.29 Å². The minimum Gasteiger partial charge on any atom is -0.423 e. The summed E-state index contributed by atoms with van der Waals surface area (Å²) in [5.41, 5.74) is 1.70. The first-order valence-corrected chi connectivity index (χ1v) is 12.9. The van der Waals surface area contributed by atoms with E-state index in [0.29, 0.717) is 30.4 Å². The minimum absolute atomic E-state index is 0.162. The van der Waals surface area contributed by atoms with Gasteiger partial charge in [0.2, 0.25) is 0 Å². The number of halogens is 1. The third-order valence-electron chi connectivity index (χ3n) is 6.38. The first-order chi connectivity index (χ1) is 16.6. The molecule has 0 atom stereocenters. The number of hydrogen-bond acceptors (Lipinski definition) is 4. The minimum atomic E-state index is -0.734. The van der Waals surface area contributed by atoms with E-state index in [4.69, 9.17) is 14.2 Å². The Balaban J connectivity index is 1.48. The van der Waals surface area contributed by atoms with Gasteiger partial charge in [0, 0.05) is 11.5 Å². The largest absolute Gasteiger partial charge is 0.423 e. The summed E-state index contributed by atoms with van der Waals surface area (Å²) < 4.78 is 31.8. The van der Waals surface area contributed by atoms with Crippen LogP contribution in [-0.4, -0.2) is 19.2 Å². The van der Waals surface area contributed by atoms with Crippen LogP contribution in [-0.2, 0) is 15.9 Å². The Morgan fingerprint density at radius 2 is 1.59 bits per heavy atom. The quantitative estimate of drug-likeness (QED) is 0.170. The van der Waals surface area contributed by atoms with E-state index in [2.05, 4.69) is 13.8 Å². The second kappa shape index (κ2) is 14.2. The first kappa shape index (κ1) is 26.4. The molecule has 1 aliphatic rings. The summed E-state index contributed by atoms with van der Waals surface area (Å²) in [7, 11) is 0. The molecule has 4 nitrogen and oxygen atoms in total. The lowest BCUT2D eigenvalue weighted by molar-refractivity contribution is -0.207. The number of hydrogen-bond donors (Lipinski definition) is 0. The van der Waals surface area contributed by atoms with E-state index < -0.39 is 18.1 Å². The summed E-state index contributed by atoms with van der Waals surface area (Å²) in [6, 6.07) is 11.9. The molecule has 0 N–H and O–H groups in total. The molecule has 2 aromatic carbocycles. The van der Waals surface area contributed by atoms with E-state index in [1.54, 1.807) is 24.3 Å². The summed E-state index contributed by atoms with van der Waals surface area (Å²) in [5, 5.41) is 0. The van der Waals surface area contributed by atoms with Crippen LogP contribution in [0, 0.1) is 11.7 Å². The molecule has 1 fully saturated rings. The Kier molecular flexibility index (Phi) is 11.0. The summed E-state index contributed by atoms with van der Waals surface area (Å²) in [6.45, 7) is 5.53. The number of unbranched alkanes of at least 4 members (excludes halogenated alkanes) is 6. The van der Waals surface area contributed by atoms with E-state index >= 15 is 0 Å². The molecular formula is C29H39FO4. The van der Waals surface area contributed by atoms with Crippen LogP contribution in [0.15, 0.2) is 42.5 Å². The second-order valence-corrected chi connectivity index (χ2v) is 9.29. The number of benzene rings is 2. The lowest BCUT2D eigenvalue weighted by atomic mass is 10.0. The van der Waals surface area contributed by atoms with Crippen LogP contribution in [0.5, 0.6) is 5.75 Å². The lowest BCUT2D eigenvalue weighted by Crippen LogP contribution is -2.27. The van der Waals surface area contributed by atoms with E-state index in [-0.39, 0.29) is 5.56 Å². The fourth-order valence-corrected chi connectivity index (χ4v) is 4.24. The SMILES string of the molecule is CCCCCCc1ccc(OC(=O)c2ccc(C3OCC(CCCCCC)CO3)c(F)c2)cc1. The van der Waals surface area contributed by atoms with E-state index in [1.165, 1.54) is 56.6 Å². The van der Waals surface area contributed by atoms with Crippen molar-refractivity contribution in [3.05, 3.63) is 65.0 Å². The molecule has 1 saturated heterocycles. The van der Waals surface area contributed by atoms with E-state index in [1.807, 2.05) is 12.1 Å². The Bertz CT molecular complexity index is 872. The Morgan fingerprint density at radius 3 is 2.24 bits per heavy atom. The van der Waals surface area contributed by atoms with Crippen molar-refractivity contribution >= 4 is 5.97 Å². The van der Waals surface area contributed by atoms with Gasteiger partial charge in [0.1, 0.15) is 11.6 Å². The highest BCUT2D eigenvalue weighted by Gasteiger charge is 2.26. The van der Waals surface area contributed by atoms with Gasteiger partial charge in [0.25, 0.3) is 0 Å². The zero-order chi connectivity index (χ0) is 24.2. The van der Waals surface area contributed by atoms with Crippen LogP contribution >= 0.6 is 0 Å². The van der Waals surface area contributed by atoms with Gasteiger partial charge in [0.05, 0.1) is 18.8 Å². The maximum Gasteiger partial charge on any atom is 0.343 e. The fourth-order valence-electron chi connectivity index (χ4n) is 4.24. The maximum absolute atomic E-state index is 14.8. The van der Waals surface area contributed by atoms with Gasteiger partial charge in [-0.05, 0) is 49.1 Å². The molecule has 0 aromatic heterocycles. The molecule has 186 valence electrons. The molecule has 2 aromatic rings. The summed E-state index contributed by atoms with van der Waals surface area (Å²) in [6.07, 6.45) is 11.1. The number of ether oxygens (including phenoxy) is 3. The van der Waals surface area contributed by atoms with Gasteiger partial charge in [-0.2, -0.15) is 0 Å². The van der Waals surface area contributed by atoms with Gasteiger partial charge >= 0.3 is 5.97 Å². The Hall–Kier alpha value is -2.24. The van der Waals surface area contributed by atoms with Crippen molar-refractivity contribution in [2.75, 3.05) is 13.2 Å².